The van der Waals surface area contributed by atoms with Crippen molar-refractivity contribution in [2.24, 2.45) is 0 Å². The summed E-state index contributed by atoms with van der Waals surface area (Å²) < 4.78 is 27.3. The van der Waals surface area contributed by atoms with Crippen LogP contribution in [-0.2, 0) is 23.5 Å². The number of likely N-dealkylation sites (tertiary alicyclic amines) is 1. The van der Waals surface area contributed by atoms with Crippen molar-refractivity contribution < 1.29 is 28.3 Å². The Morgan fingerprint density at radius 1 is 0.966 bits per heavy atom. The van der Waals surface area contributed by atoms with Crippen LogP contribution in [0.3, 0.4) is 0 Å². The average Bonchev–Trinajstić information content (AvgIpc) is 2.82. The first-order valence-electron chi connectivity index (χ1n) is 10.6. The van der Waals surface area contributed by atoms with Gasteiger partial charge in [0.25, 0.3) is 0 Å². The highest BCUT2D eigenvalue weighted by molar-refractivity contribution is 6.51. The molecule has 3 fully saturated rings. The molecule has 0 atom stereocenters. The van der Waals surface area contributed by atoms with E-state index in [1.54, 1.807) is 4.90 Å². The van der Waals surface area contributed by atoms with Crippen molar-refractivity contribution in [1.29, 1.82) is 0 Å². The summed E-state index contributed by atoms with van der Waals surface area (Å²) in [5, 5.41) is 0. The van der Waals surface area contributed by atoms with E-state index in [1.165, 1.54) is 5.57 Å². The zero-order valence-electron chi connectivity index (χ0n) is 19.2. The van der Waals surface area contributed by atoms with Gasteiger partial charge in [-0.25, -0.2) is 4.79 Å². The van der Waals surface area contributed by atoms with Gasteiger partial charge in [-0.15, -0.1) is 0 Å². The molecule has 3 aliphatic heterocycles. The SMILES string of the molecule is C1COCCO1.CC(C)(C)OC(=O)N1CCC(=CB2OC(C)(C)C(C)(C)O2)CC1. The van der Waals surface area contributed by atoms with E-state index in [-0.39, 0.29) is 24.4 Å². The Hall–Kier alpha value is -1.09. The molecule has 3 aliphatic rings. The highest BCUT2D eigenvalue weighted by Crippen LogP contribution is 2.37. The second kappa shape index (κ2) is 9.81. The fourth-order valence-corrected chi connectivity index (χ4v) is 3.06. The van der Waals surface area contributed by atoms with Crippen molar-refractivity contribution in [3.05, 3.63) is 11.5 Å². The Morgan fingerprint density at radius 2 is 1.41 bits per heavy atom. The zero-order chi connectivity index (χ0) is 21.7. The lowest BCUT2D eigenvalue weighted by Gasteiger charge is -2.32. The summed E-state index contributed by atoms with van der Waals surface area (Å²) in [7, 11) is -0.303. The first-order chi connectivity index (χ1) is 13.4. The van der Waals surface area contributed by atoms with Crippen LogP contribution in [0.15, 0.2) is 11.5 Å². The third-order valence-electron chi connectivity index (χ3n) is 5.44. The molecule has 0 radical (unpaired) electrons. The van der Waals surface area contributed by atoms with Crippen molar-refractivity contribution in [2.45, 2.75) is 78.1 Å². The maximum absolute atomic E-state index is 12.1. The van der Waals surface area contributed by atoms with Gasteiger partial charge in [-0.3, -0.25) is 0 Å². The van der Waals surface area contributed by atoms with Gasteiger partial charge in [-0.05, 0) is 61.3 Å². The lowest BCUT2D eigenvalue weighted by atomic mass is 9.84. The predicted molar refractivity (Wildman–Crippen MR) is 113 cm³/mol. The number of rotatable bonds is 1. The molecule has 29 heavy (non-hydrogen) atoms. The van der Waals surface area contributed by atoms with E-state index < -0.39 is 5.60 Å². The Morgan fingerprint density at radius 3 is 1.79 bits per heavy atom. The van der Waals surface area contributed by atoms with Crippen molar-refractivity contribution in [3.8, 4) is 0 Å². The van der Waals surface area contributed by atoms with Crippen LogP contribution < -0.4 is 0 Å². The molecule has 0 saturated carbocycles. The smallest absolute Gasteiger partial charge is 0.444 e. The van der Waals surface area contributed by atoms with E-state index >= 15 is 0 Å². The van der Waals surface area contributed by atoms with Crippen LogP contribution in [0.2, 0.25) is 0 Å². The van der Waals surface area contributed by atoms with Gasteiger partial charge in [-0.1, -0.05) is 11.5 Å². The quantitative estimate of drug-likeness (QED) is 0.615. The standard InChI is InChI=1S/C17H30BNO4.C4H8O2/c1-15(2,3)21-14(20)19-10-8-13(9-11-19)12-18-22-16(4,5)17(6,7)23-18;1-2-6-4-3-5-1/h12H,8-11H2,1-7H3;1-4H2. The number of nitrogens with zero attached hydrogens (tertiary/aromatic N) is 1. The molecule has 0 aromatic carbocycles. The largest absolute Gasteiger partial charge is 0.487 e. The summed E-state index contributed by atoms with van der Waals surface area (Å²) in [4.78, 5) is 13.8. The van der Waals surface area contributed by atoms with Crippen LogP contribution in [0.5, 0.6) is 0 Å². The third-order valence-corrected chi connectivity index (χ3v) is 5.44. The molecule has 3 rings (SSSR count). The number of hydrogen-bond acceptors (Lipinski definition) is 6. The highest BCUT2D eigenvalue weighted by atomic mass is 16.7. The molecule has 0 aliphatic carbocycles. The summed E-state index contributed by atoms with van der Waals surface area (Å²) in [5.41, 5.74) is 0.205. The molecule has 3 saturated heterocycles. The van der Waals surface area contributed by atoms with E-state index in [1.807, 2.05) is 20.8 Å². The van der Waals surface area contributed by atoms with Crippen molar-refractivity contribution >= 4 is 13.2 Å². The Balaban J connectivity index is 0.000000426. The number of carbonyl (C=O) groups excluding carboxylic acids is 1. The van der Waals surface area contributed by atoms with Gasteiger partial charge in [0.2, 0.25) is 0 Å². The van der Waals surface area contributed by atoms with Gasteiger partial charge in [0.1, 0.15) is 5.60 Å². The molecule has 8 heteroatoms. The molecule has 0 aromatic rings. The second-order valence-corrected chi connectivity index (χ2v) is 9.64. The van der Waals surface area contributed by atoms with Gasteiger partial charge < -0.3 is 28.4 Å². The lowest BCUT2D eigenvalue weighted by Crippen LogP contribution is -2.41. The van der Waals surface area contributed by atoms with Crippen LogP contribution in [0, 0.1) is 0 Å². The number of ether oxygens (including phenoxy) is 3. The number of carbonyl (C=O) groups is 1. The van der Waals surface area contributed by atoms with Crippen molar-refractivity contribution in [3.63, 3.8) is 0 Å². The normalized spacial score (nSPS) is 23.9. The molecule has 166 valence electrons. The minimum atomic E-state index is -0.449. The highest BCUT2D eigenvalue weighted by Gasteiger charge is 2.50. The third kappa shape index (κ3) is 7.59. The maximum atomic E-state index is 12.1. The molecular weight excluding hydrogens is 373 g/mol. The summed E-state index contributed by atoms with van der Waals surface area (Å²) >= 11 is 0. The molecule has 7 nitrogen and oxygen atoms in total. The van der Waals surface area contributed by atoms with Gasteiger partial charge in [0, 0.05) is 13.1 Å². The summed E-state index contributed by atoms with van der Waals surface area (Å²) in [6, 6.07) is 0. The zero-order valence-corrected chi connectivity index (χ0v) is 19.2. The van der Waals surface area contributed by atoms with E-state index in [0.717, 1.165) is 39.3 Å². The lowest BCUT2D eigenvalue weighted by molar-refractivity contribution is -0.0334. The Kier molecular flexibility index (Phi) is 8.19. The van der Waals surface area contributed by atoms with Gasteiger partial charge in [0.15, 0.2) is 0 Å². The minimum absolute atomic E-state index is 0.229. The number of amides is 1. The van der Waals surface area contributed by atoms with Gasteiger partial charge >= 0.3 is 13.2 Å². The molecular formula is C21H38BNO6. The minimum Gasteiger partial charge on any atom is -0.444 e. The van der Waals surface area contributed by atoms with Crippen molar-refractivity contribution in [2.75, 3.05) is 39.5 Å². The Labute approximate surface area is 176 Å². The average molecular weight is 411 g/mol. The van der Waals surface area contributed by atoms with Crippen LogP contribution >= 0.6 is 0 Å². The molecule has 0 spiro atoms. The molecule has 0 bridgehead atoms. The molecule has 0 unspecified atom stereocenters. The monoisotopic (exact) mass is 411 g/mol. The van der Waals surface area contributed by atoms with Crippen LogP contribution in [-0.4, -0.2) is 74.4 Å². The van der Waals surface area contributed by atoms with E-state index in [4.69, 9.17) is 23.5 Å². The fraction of sp³-hybridized carbons (Fsp3) is 0.857. The summed E-state index contributed by atoms with van der Waals surface area (Å²) in [5.74, 6) is 2.07. The number of piperidine rings is 1. The first-order valence-corrected chi connectivity index (χ1v) is 10.6. The molecule has 0 N–H and O–H groups in total. The number of hydrogen-bond donors (Lipinski definition) is 0. The van der Waals surface area contributed by atoms with Gasteiger partial charge in [0.05, 0.1) is 37.6 Å². The second-order valence-electron chi connectivity index (χ2n) is 9.64. The van der Waals surface area contributed by atoms with E-state index in [9.17, 15) is 4.79 Å². The first kappa shape index (κ1) is 24.2. The maximum Gasteiger partial charge on any atom is 0.487 e. The molecule has 0 aromatic heterocycles. The van der Waals surface area contributed by atoms with E-state index in [0.29, 0.717) is 13.1 Å². The predicted octanol–water partition coefficient (Wildman–Crippen LogP) is 3.61. The fourth-order valence-electron chi connectivity index (χ4n) is 3.06. The summed E-state index contributed by atoms with van der Waals surface area (Å²) in [6.07, 6.45) is 1.44. The summed E-state index contributed by atoms with van der Waals surface area (Å²) in [6.45, 7) is 18.3. The molecule has 1 amide bonds. The Bertz CT molecular complexity index is 543. The van der Waals surface area contributed by atoms with Crippen LogP contribution in [0.25, 0.3) is 0 Å². The molecule has 3 heterocycles. The van der Waals surface area contributed by atoms with Gasteiger partial charge in [-0.2, -0.15) is 0 Å². The van der Waals surface area contributed by atoms with E-state index in [2.05, 4.69) is 33.7 Å². The topological polar surface area (TPSA) is 66.5 Å². The van der Waals surface area contributed by atoms with Crippen LogP contribution in [0.4, 0.5) is 4.79 Å². The van der Waals surface area contributed by atoms with Crippen LogP contribution in [0.1, 0.15) is 61.3 Å². The van der Waals surface area contributed by atoms with Crippen molar-refractivity contribution in [1.82, 2.24) is 4.90 Å².